The van der Waals surface area contributed by atoms with Crippen LogP contribution in [0.3, 0.4) is 0 Å². The Morgan fingerprint density at radius 3 is 1.53 bits per heavy atom. The summed E-state index contributed by atoms with van der Waals surface area (Å²) in [6, 6.07) is 0. The Hall–Kier alpha value is -1.06. The highest BCUT2D eigenvalue weighted by molar-refractivity contribution is 5.74. The molecule has 1 saturated carbocycles. The van der Waals surface area contributed by atoms with E-state index < -0.39 is 5.97 Å². The lowest BCUT2D eigenvalue weighted by Crippen LogP contribution is -2.29. The Kier molecular flexibility index (Phi) is 18.4. The summed E-state index contributed by atoms with van der Waals surface area (Å²) in [4.78, 5) is 24.0. The molecule has 1 N–H and O–H groups in total. The maximum atomic E-state index is 12.8. The van der Waals surface area contributed by atoms with E-state index in [1.807, 2.05) is 0 Å². The van der Waals surface area contributed by atoms with Crippen LogP contribution in [0.25, 0.3) is 0 Å². The van der Waals surface area contributed by atoms with Crippen LogP contribution in [-0.4, -0.2) is 23.1 Å². The molecule has 0 aromatic carbocycles. The molecular formula is C30H56O4. The van der Waals surface area contributed by atoms with E-state index in [9.17, 15) is 14.7 Å². The normalized spacial score (nSPS) is 19.3. The van der Waals surface area contributed by atoms with Gasteiger partial charge in [0, 0.05) is 0 Å². The summed E-state index contributed by atoms with van der Waals surface area (Å²) in [6.07, 6.45) is 23.9. The van der Waals surface area contributed by atoms with Crippen molar-refractivity contribution in [3.63, 3.8) is 0 Å². The lowest BCUT2D eigenvalue weighted by Gasteiger charge is -2.27. The predicted molar refractivity (Wildman–Crippen MR) is 142 cm³/mol. The maximum absolute atomic E-state index is 12.8. The van der Waals surface area contributed by atoms with Gasteiger partial charge in [0.25, 0.3) is 0 Å². The van der Waals surface area contributed by atoms with Gasteiger partial charge in [-0.05, 0) is 57.3 Å². The number of ether oxygens (including phenoxy) is 1. The van der Waals surface area contributed by atoms with Crippen molar-refractivity contribution < 1.29 is 19.4 Å². The highest BCUT2D eigenvalue weighted by Crippen LogP contribution is 2.30. The van der Waals surface area contributed by atoms with Crippen molar-refractivity contribution in [2.75, 3.05) is 0 Å². The van der Waals surface area contributed by atoms with E-state index in [1.54, 1.807) is 0 Å². The highest BCUT2D eigenvalue weighted by Gasteiger charge is 2.31. The van der Waals surface area contributed by atoms with E-state index >= 15 is 0 Å². The number of esters is 1. The lowest BCUT2D eigenvalue weighted by molar-refractivity contribution is -0.158. The van der Waals surface area contributed by atoms with Crippen LogP contribution in [0.1, 0.15) is 156 Å². The third kappa shape index (κ3) is 15.8. The molecule has 0 bridgehead atoms. The number of carbonyl (C=O) groups is 2. The zero-order chi connectivity index (χ0) is 25.0. The Balaban J connectivity index is 2.30. The molecule has 1 aliphatic carbocycles. The molecule has 4 heteroatoms. The van der Waals surface area contributed by atoms with Crippen LogP contribution in [0.15, 0.2) is 0 Å². The molecule has 0 aromatic heterocycles. The zero-order valence-electron chi connectivity index (χ0n) is 22.8. The van der Waals surface area contributed by atoms with Gasteiger partial charge in [0.2, 0.25) is 0 Å². The molecule has 1 unspecified atom stereocenters. The van der Waals surface area contributed by atoms with Gasteiger partial charge >= 0.3 is 11.9 Å². The summed E-state index contributed by atoms with van der Waals surface area (Å²) in [5.74, 6) is -0.343. The van der Waals surface area contributed by atoms with Crippen molar-refractivity contribution in [3.8, 4) is 0 Å². The Morgan fingerprint density at radius 2 is 1.09 bits per heavy atom. The molecule has 0 radical (unpaired) electrons. The summed E-state index contributed by atoms with van der Waals surface area (Å²) >= 11 is 0. The van der Waals surface area contributed by atoms with Crippen molar-refractivity contribution in [1.29, 1.82) is 0 Å². The third-order valence-electron chi connectivity index (χ3n) is 7.63. The quantitative estimate of drug-likeness (QED) is 0.131. The van der Waals surface area contributed by atoms with Gasteiger partial charge in [0.15, 0.2) is 0 Å². The van der Waals surface area contributed by atoms with E-state index in [0.29, 0.717) is 25.7 Å². The smallest absolute Gasteiger partial charge is 0.309 e. The summed E-state index contributed by atoms with van der Waals surface area (Å²) in [5, 5.41) is 9.20. The molecule has 0 aromatic rings. The molecule has 200 valence electrons. The van der Waals surface area contributed by atoms with Crippen LogP contribution >= 0.6 is 0 Å². The number of hydrogen-bond donors (Lipinski definition) is 1. The van der Waals surface area contributed by atoms with Gasteiger partial charge in [-0.3, -0.25) is 9.59 Å². The minimum atomic E-state index is -0.719. The van der Waals surface area contributed by atoms with Gasteiger partial charge in [-0.1, -0.05) is 104 Å². The molecule has 0 saturated heterocycles. The van der Waals surface area contributed by atoms with Crippen LogP contribution in [0.4, 0.5) is 0 Å². The second kappa shape index (κ2) is 20.2. The SMILES string of the molecule is CCCCCCCCCC(CCCCCCCCCC(C)C)OC(=O)C1CCC(C(=O)O)CC1. The average Bonchev–Trinajstić information content (AvgIpc) is 2.81. The van der Waals surface area contributed by atoms with E-state index in [0.717, 1.165) is 31.6 Å². The molecule has 0 aliphatic heterocycles. The Labute approximate surface area is 211 Å². The van der Waals surface area contributed by atoms with E-state index in [-0.39, 0.29) is 23.9 Å². The standard InChI is InChI=1S/C30H56O4/c1-4-5-6-7-9-13-16-19-28(20-17-14-11-8-10-12-15-18-25(2)3)34-30(33)27-23-21-26(22-24-27)29(31)32/h25-28H,4-24H2,1-3H3,(H,31,32). The molecule has 0 heterocycles. The molecule has 0 spiro atoms. The monoisotopic (exact) mass is 480 g/mol. The van der Waals surface area contributed by atoms with Crippen molar-refractivity contribution in [2.24, 2.45) is 17.8 Å². The number of rotatable bonds is 21. The van der Waals surface area contributed by atoms with Gasteiger partial charge in [-0.2, -0.15) is 0 Å². The number of hydrogen-bond acceptors (Lipinski definition) is 3. The van der Waals surface area contributed by atoms with Gasteiger partial charge in [0.1, 0.15) is 6.10 Å². The van der Waals surface area contributed by atoms with Crippen molar-refractivity contribution in [3.05, 3.63) is 0 Å². The first-order chi connectivity index (χ1) is 16.4. The fourth-order valence-corrected chi connectivity index (χ4v) is 5.24. The minimum Gasteiger partial charge on any atom is -0.481 e. The van der Waals surface area contributed by atoms with Crippen LogP contribution in [0.5, 0.6) is 0 Å². The Morgan fingerprint density at radius 1 is 0.676 bits per heavy atom. The summed E-state index contributed by atoms with van der Waals surface area (Å²) < 4.78 is 6.03. The van der Waals surface area contributed by atoms with Crippen molar-refractivity contribution >= 4 is 11.9 Å². The molecule has 4 nitrogen and oxygen atoms in total. The first kappa shape index (κ1) is 31.0. The molecule has 1 fully saturated rings. The van der Waals surface area contributed by atoms with E-state index in [4.69, 9.17) is 4.74 Å². The summed E-state index contributed by atoms with van der Waals surface area (Å²) in [7, 11) is 0. The largest absolute Gasteiger partial charge is 0.481 e. The van der Waals surface area contributed by atoms with Gasteiger partial charge in [0.05, 0.1) is 11.8 Å². The molecule has 1 aliphatic rings. The van der Waals surface area contributed by atoms with Crippen LogP contribution in [0, 0.1) is 17.8 Å². The van der Waals surface area contributed by atoms with Gasteiger partial charge in [-0.25, -0.2) is 0 Å². The number of unbranched alkanes of at least 4 members (excludes halogenated alkanes) is 12. The molecular weight excluding hydrogens is 424 g/mol. The molecule has 0 amide bonds. The maximum Gasteiger partial charge on any atom is 0.309 e. The summed E-state index contributed by atoms with van der Waals surface area (Å²) in [5.41, 5.74) is 0. The first-order valence-electron chi connectivity index (χ1n) is 14.9. The predicted octanol–water partition coefficient (Wildman–Crippen LogP) is 9.10. The fourth-order valence-electron chi connectivity index (χ4n) is 5.24. The number of carboxylic acid groups (broad SMARTS) is 1. The summed E-state index contributed by atoms with van der Waals surface area (Å²) in [6.45, 7) is 6.85. The molecule has 1 atom stereocenters. The molecule has 1 rings (SSSR count). The number of carboxylic acids is 1. The highest BCUT2D eigenvalue weighted by atomic mass is 16.5. The van der Waals surface area contributed by atoms with Crippen molar-refractivity contribution in [1.82, 2.24) is 0 Å². The first-order valence-corrected chi connectivity index (χ1v) is 14.9. The van der Waals surface area contributed by atoms with Crippen LogP contribution in [-0.2, 0) is 14.3 Å². The topological polar surface area (TPSA) is 63.6 Å². The van der Waals surface area contributed by atoms with Crippen molar-refractivity contribution in [2.45, 2.75) is 162 Å². The second-order valence-electron chi connectivity index (χ2n) is 11.3. The fraction of sp³-hybridized carbons (Fsp3) is 0.933. The number of aliphatic carboxylic acids is 1. The number of carbonyl (C=O) groups excluding carboxylic acids is 1. The van der Waals surface area contributed by atoms with Crippen LogP contribution in [0.2, 0.25) is 0 Å². The van der Waals surface area contributed by atoms with E-state index in [2.05, 4.69) is 20.8 Å². The van der Waals surface area contributed by atoms with Gasteiger partial charge in [-0.15, -0.1) is 0 Å². The minimum absolute atomic E-state index is 0.0476. The van der Waals surface area contributed by atoms with E-state index in [1.165, 1.54) is 83.5 Å². The van der Waals surface area contributed by atoms with Gasteiger partial charge < -0.3 is 9.84 Å². The zero-order valence-corrected chi connectivity index (χ0v) is 22.8. The third-order valence-corrected chi connectivity index (χ3v) is 7.63. The second-order valence-corrected chi connectivity index (χ2v) is 11.3. The molecule has 34 heavy (non-hydrogen) atoms. The van der Waals surface area contributed by atoms with Crippen LogP contribution < -0.4 is 0 Å². The lowest BCUT2D eigenvalue weighted by atomic mass is 9.82. The Bertz CT molecular complexity index is 508. The average molecular weight is 481 g/mol.